The summed E-state index contributed by atoms with van der Waals surface area (Å²) in [6.07, 6.45) is -2.41. The third kappa shape index (κ3) is 3.10. The van der Waals surface area contributed by atoms with Gasteiger partial charge in [0.15, 0.2) is 11.6 Å². The second-order valence-corrected chi connectivity index (χ2v) is 4.59. The van der Waals surface area contributed by atoms with Gasteiger partial charge in [-0.25, -0.2) is 15.0 Å². The van der Waals surface area contributed by atoms with Gasteiger partial charge in [0.05, 0.1) is 12.7 Å². The molecule has 0 unspecified atom stereocenters. The van der Waals surface area contributed by atoms with Crippen LogP contribution in [0.4, 0.5) is 19.0 Å². The molecule has 2 aromatic rings. The predicted octanol–water partition coefficient (Wildman–Crippen LogP) is 2.63. The van der Waals surface area contributed by atoms with E-state index in [1.165, 1.54) is 19.5 Å². The molecule has 0 atom stereocenters. The van der Waals surface area contributed by atoms with Crippen LogP contribution in [0, 0.1) is 0 Å². The number of pyridine rings is 1. The van der Waals surface area contributed by atoms with Gasteiger partial charge in [-0.15, -0.1) is 0 Å². The minimum atomic E-state index is -4.41. The van der Waals surface area contributed by atoms with E-state index in [1.54, 1.807) is 0 Å². The molecule has 0 spiro atoms. The third-order valence-corrected chi connectivity index (χ3v) is 3.20. The number of hydrogen-bond acceptors (Lipinski definition) is 6. The lowest BCUT2D eigenvalue weighted by Gasteiger charge is -2.09. The molecular formula is C11H9F3N4OS. The number of nitrogens with two attached hydrogens (primary N) is 1. The molecule has 0 radical (unpaired) electrons. The molecule has 2 N–H and O–H groups in total. The molecule has 0 aliphatic carbocycles. The Labute approximate surface area is 116 Å². The Morgan fingerprint density at radius 2 is 1.95 bits per heavy atom. The van der Waals surface area contributed by atoms with Crippen molar-refractivity contribution in [2.24, 2.45) is 0 Å². The Hall–Kier alpha value is -2.03. The lowest BCUT2D eigenvalue weighted by molar-refractivity contribution is -0.137. The maximum atomic E-state index is 12.4. The molecular weight excluding hydrogens is 293 g/mol. The molecule has 9 heteroatoms. The molecule has 0 aromatic carbocycles. The van der Waals surface area contributed by atoms with Crippen LogP contribution >= 0.6 is 11.8 Å². The number of nitrogens with zero attached hydrogens (tertiary/aromatic N) is 3. The minimum Gasteiger partial charge on any atom is -0.490 e. The highest BCUT2D eigenvalue weighted by molar-refractivity contribution is 7.99. The minimum absolute atomic E-state index is 0.150. The lowest BCUT2D eigenvalue weighted by Crippen LogP contribution is -2.05. The van der Waals surface area contributed by atoms with Gasteiger partial charge in [-0.05, 0) is 23.9 Å². The van der Waals surface area contributed by atoms with E-state index < -0.39 is 11.7 Å². The van der Waals surface area contributed by atoms with Crippen molar-refractivity contribution >= 4 is 17.6 Å². The van der Waals surface area contributed by atoms with Crippen LogP contribution < -0.4 is 10.5 Å². The van der Waals surface area contributed by atoms with E-state index >= 15 is 0 Å². The van der Waals surface area contributed by atoms with Crippen molar-refractivity contribution < 1.29 is 17.9 Å². The fraction of sp³-hybridized carbons (Fsp3) is 0.182. The average Bonchev–Trinajstić information content (AvgIpc) is 2.38. The standard InChI is InChI=1S/C11H9F3N4OS/c1-19-8-9(15)17-5-18-10(8)20-7-3-2-6(4-16-7)11(12,13)14/h2-5H,1H3,(H2,15,17,18). The molecule has 0 bridgehead atoms. The summed E-state index contributed by atoms with van der Waals surface area (Å²) >= 11 is 1.04. The topological polar surface area (TPSA) is 73.9 Å². The van der Waals surface area contributed by atoms with Gasteiger partial charge in [0.1, 0.15) is 16.4 Å². The number of aromatic nitrogens is 3. The van der Waals surface area contributed by atoms with Crippen molar-refractivity contribution in [3.63, 3.8) is 0 Å². The highest BCUT2D eigenvalue weighted by Gasteiger charge is 2.30. The summed E-state index contributed by atoms with van der Waals surface area (Å²) in [5.41, 5.74) is 4.80. The fourth-order valence-corrected chi connectivity index (χ4v) is 2.16. The smallest absolute Gasteiger partial charge is 0.417 e. The van der Waals surface area contributed by atoms with E-state index in [4.69, 9.17) is 10.5 Å². The first-order chi connectivity index (χ1) is 9.41. The van der Waals surface area contributed by atoms with Crippen LogP contribution in [-0.2, 0) is 6.18 Å². The zero-order chi connectivity index (χ0) is 14.8. The van der Waals surface area contributed by atoms with Gasteiger partial charge in [0.2, 0.25) is 0 Å². The predicted molar refractivity (Wildman–Crippen MR) is 66.4 cm³/mol. The first kappa shape index (κ1) is 14.4. The highest BCUT2D eigenvalue weighted by atomic mass is 32.2. The van der Waals surface area contributed by atoms with E-state index in [2.05, 4.69) is 15.0 Å². The molecule has 2 aromatic heterocycles. The highest BCUT2D eigenvalue weighted by Crippen LogP contribution is 2.35. The van der Waals surface area contributed by atoms with Gasteiger partial charge in [-0.2, -0.15) is 13.2 Å². The van der Waals surface area contributed by atoms with Crippen molar-refractivity contribution in [1.82, 2.24) is 15.0 Å². The molecule has 0 saturated carbocycles. The SMILES string of the molecule is COc1c(N)ncnc1Sc1ccc(C(F)(F)F)cn1. The molecule has 106 valence electrons. The summed E-state index contributed by atoms with van der Waals surface area (Å²) in [6.45, 7) is 0. The van der Waals surface area contributed by atoms with Gasteiger partial charge in [-0.3, -0.25) is 0 Å². The first-order valence-electron chi connectivity index (χ1n) is 5.27. The number of halogens is 3. The number of rotatable bonds is 3. The van der Waals surface area contributed by atoms with Gasteiger partial charge < -0.3 is 10.5 Å². The number of methoxy groups -OCH3 is 1. The number of hydrogen-bond donors (Lipinski definition) is 1. The Balaban J connectivity index is 2.25. The van der Waals surface area contributed by atoms with Crippen LogP contribution in [0.1, 0.15) is 5.56 Å². The van der Waals surface area contributed by atoms with Crippen LogP contribution in [0.15, 0.2) is 34.7 Å². The van der Waals surface area contributed by atoms with Crippen LogP contribution in [0.2, 0.25) is 0 Å². The molecule has 0 aliphatic heterocycles. The summed E-state index contributed by atoms with van der Waals surface area (Å²) in [5.74, 6) is 0.413. The van der Waals surface area contributed by atoms with Crippen LogP contribution in [-0.4, -0.2) is 22.1 Å². The van der Waals surface area contributed by atoms with E-state index in [9.17, 15) is 13.2 Å². The second kappa shape index (κ2) is 5.53. The van der Waals surface area contributed by atoms with E-state index in [0.717, 1.165) is 24.0 Å². The van der Waals surface area contributed by atoms with Crippen LogP contribution in [0.3, 0.4) is 0 Å². The maximum Gasteiger partial charge on any atom is 0.417 e. The van der Waals surface area contributed by atoms with Gasteiger partial charge >= 0.3 is 6.18 Å². The molecule has 0 amide bonds. The summed E-state index contributed by atoms with van der Waals surface area (Å²) in [7, 11) is 1.40. The Bertz CT molecular complexity index is 604. The molecule has 20 heavy (non-hydrogen) atoms. The summed E-state index contributed by atoms with van der Waals surface area (Å²) < 4.78 is 42.3. The molecule has 0 fully saturated rings. The van der Waals surface area contributed by atoms with Crippen LogP contribution in [0.5, 0.6) is 5.75 Å². The largest absolute Gasteiger partial charge is 0.490 e. The monoisotopic (exact) mass is 302 g/mol. The van der Waals surface area contributed by atoms with E-state index in [1.807, 2.05) is 0 Å². The molecule has 2 heterocycles. The van der Waals surface area contributed by atoms with Crippen LogP contribution in [0.25, 0.3) is 0 Å². The molecule has 2 rings (SSSR count). The van der Waals surface area contributed by atoms with Crippen molar-refractivity contribution in [2.75, 3.05) is 12.8 Å². The lowest BCUT2D eigenvalue weighted by atomic mass is 10.3. The molecule has 5 nitrogen and oxygen atoms in total. The second-order valence-electron chi connectivity index (χ2n) is 3.58. The van der Waals surface area contributed by atoms with Gasteiger partial charge in [0, 0.05) is 6.20 Å². The third-order valence-electron chi connectivity index (χ3n) is 2.27. The molecule has 0 aliphatic rings. The zero-order valence-corrected chi connectivity index (χ0v) is 11.0. The number of ether oxygens (including phenoxy) is 1. The van der Waals surface area contributed by atoms with Crippen molar-refractivity contribution in [2.45, 2.75) is 16.2 Å². The van der Waals surface area contributed by atoms with E-state index in [-0.39, 0.29) is 11.6 Å². The van der Waals surface area contributed by atoms with Gasteiger partial charge in [-0.1, -0.05) is 0 Å². The first-order valence-corrected chi connectivity index (χ1v) is 6.09. The average molecular weight is 302 g/mol. The normalized spacial score (nSPS) is 11.4. The zero-order valence-electron chi connectivity index (χ0n) is 10.2. The quantitative estimate of drug-likeness (QED) is 0.879. The molecule has 0 saturated heterocycles. The Morgan fingerprint density at radius 3 is 2.50 bits per heavy atom. The Morgan fingerprint density at radius 1 is 1.20 bits per heavy atom. The number of anilines is 1. The van der Waals surface area contributed by atoms with Gasteiger partial charge in [0.25, 0.3) is 0 Å². The summed E-state index contributed by atoms with van der Waals surface area (Å²) in [5, 5.41) is 0.724. The summed E-state index contributed by atoms with van der Waals surface area (Å²) in [6, 6.07) is 2.21. The Kier molecular flexibility index (Phi) is 3.98. The maximum absolute atomic E-state index is 12.4. The van der Waals surface area contributed by atoms with E-state index in [0.29, 0.717) is 10.1 Å². The number of alkyl halides is 3. The fourth-order valence-electron chi connectivity index (χ4n) is 1.34. The van der Waals surface area contributed by atoms with Crippen molar-refractivity contribution in [1.29, 1.82) is 0 Å². The summed E-state index contributed by atoms with van der Waals surface area (Å²) in [4.78, 5) is 11.5. The van der Waals surface area contributed by atoms with Crippen molar-refractivity contribution in [3.8, 4) is 5.75 Å². The van der Waals surface area contributed by atoms with Crippen molar-refractivity contribution in [3.05, 3.63) is 30.2 Å². The number of nitrogen functional groups attached to an aromatic ring is 1.